The molecule has 2 rings (SSSR count). The number of rotatable bonds is 0. The van der Waals surface area contributed by atoms with Crippen molar-refractivity contribution in [2.75, 3.05) is 0 Å². The van der Waals surface area contributed by atoms with E-state index in [0.29, 0.717) is 16.1 Å². The smallest absolute Gasteiger partial charge is 0.178 e. The molecule has 0 radical (unpaired) electrons. The van der Waals surface area contributed by atoms with Gasteiger partial charge in [-0.05, 0) is 18.2 Å². The lowest BCUT2D eigenvalue weighted by molar-refractivity contribution is 1.24. The zero-order valence-electron chi connectivity index (χ0n) is 6.83. The largest absolute Gasteiger partial charge is 0.232 e. The molecule has 0 saturated heterocycles. The molecule has 0 aliphatic rings. The molecule has 1 heterocycles. The Bertz CT molecular complexity index is 545. The van der Waals surface area contributed by atoms with Gasteiger partial charge < -0.3 is 0 Å². The monoisotopic (exact) mass is 223 g/mol. The summed E-state index contributed by atoms with van der Waals surface area (Å²) in [4.78, 5) is 8.02. The van der Waals surface area contributed by atoms with Gasteiger partial charge in [0.25, 0.3) is 0 Å². The van der Waals surface area contributed by atoms with Crippen molar-refractivity contribution in [1.82, 2.24) is 9.97 Å². The maximum Gasteiger partial charge on any atom is 0.178 e. The first-order chi connectivity index (χ1) is 6.70. The predicted molar refractivity (Wildman–Crippen MR) is 54.3 cm³/mol. The van der Waals surface area contributed by atoms with Crippen LogP contribution in [0.4, 0.5) is 0 Å². The molecule has 0 saturated carbocycles. The van der Waals surface area contributed by atoms with E-state index in [2.05, 4.69) is 9.97 Å². The third-order valence-electron chi connectivity index (χ3n) is 1.69. The summed E-state index contributed by atoms with van der Waals surface area (Å²) in [5.74, 6) is 0. The lowest BCUT2D eigenvalue weighted by Crippen LogP contribution is -1.90. The fourth-order valence-electron chi connectivity index (χ4n) is 1.08. The Labute approximate surface area is 89.9 Å². The van der Waals surface area contributed by atoms with Gasteiger partial charge in [-0.3, -0.25) is 0 Å². The number of nitriles is 1. The zero-order chi connectivity index (χ0) is 10.1. The third kappa shape index (κ3) is 1.50. The number of hydrogen-bond acceptors (Lipinski definition) is 3. The molecule has 1 aromatic carbocycles. The summed E-state index contributed by atoms with van der Waals surface area (Å²) in [5.41, 5.74) is 1.30. The van der Waals surface area contributed by atoms with Crippen molar-refractivity contribution >= 4 is 34.2 Å². The first-order valence-corrected chi connectivity index (χ1v) is 4.49. The number of halogens is 2. The quantitative estimate of drug-likeness (QED) is 0.691. The van der Waals surface area contributed by atoms with E-state index in [1.807, 2.05) is 6.07 Å². The van der Waals surface area contributed by atoms with E-state index in [4.69, 9.17) is 28.5 Å². The van der Waals surface area contributed by atoms with Crippen LogP contribution in [0, 0.1) is 11.3 Å². The van der Waals surface area contributed by atoms with Crippen LogP contribution in [0.25, 0.3) is 11.0 Å². The van der Waals surface area contributed by atoms with Crippen LogP contribution in [0.2, 0.25) is 10.2 Å². The van der Waals surface area contributed by atoms with Gasteiger partial charge in [0.05, 0.1) is 11.0 Å². The van der Waals surface area contributed by atoms with Gasteiger partial charge in [0.2, 0.25) is 0 Å². The van der Waals surface area contributed by atoms with Crippen LogP contribution >= 0.6 is 23.2 Å². The van der Waals surface area contributed by atoms with Gasteiger partial charge in [-0.2, -0.15) is 5.26 Å². The zero-order valence-corrected chi connectivity index (χ0v) is 8.34. The van der Waals surface area contributed by atoms with Gasteiger partial charge >= 0.3 is 0 Å². The normalized spacial score (nSPS) is 10.1. The topological polar surface area (TPSA) is 49.6 Å². The van der Waals surface area contributed by atoms with Gasteiger partial charge in [-0.1, -0.05) is 23.2 Å². The lowest BCUT2D eigenvalue weighted by Gasteiger charge is -1.98. The van der Waals surface area contributed by atoms with Crippen LogP contribution < -0.4 is 0 Å². The van der Waals surface area contributed by atoms with Crippen LogP contribution in [-0.4, -0.2) is 9.97 Å². The highest BCUT2D eigenvalue weighted by molar-refractivity contribution is 6.31. The van der Waals surface area contributed by atoms with E-state index < -0.39 is 0 Å². The summed E-state index contributed by atoms with van der Waals surface area (Å²) in [6, 6.07) is 6.90. The molecule has 68 valence electrons. The van der Waals surface area contributed by atoms with Crippen LogP contribution in [-0.2, 0) is 0 Å². The number of aromatic nitrogens is 2. The molecule has 14 heavy (non-hydrogen) atoms. The Morgan fingerprint density at radius 2 is 1.93 bits per heavy atom. The highest BCUT2D eigenvalue weighted by atomic mass is 35.5. The average molecular weight is 224 g/mol. The molecule has 0 aliphatic carbocycles. The molecule has 0 unspecified atom stereocenters. The second-order valence-electron chi connectivity index (χ2n) is 2.61. The van der Waals surface area contributed by atoms with E-state index in [1.54, 1.807) is 18.2 Å². The Morgan fingerprint density at radius 1 is 1.14 bits per heavy atom. The molecule has 0 amide bonds. The number of benzene rings is 1. The molecule has 2 aromatic rings. The van der Waals surface area contributed by atoms with E-state index >= 15 is 0 Å². The van der Waals surface area contributed by atoms with Gasteiger partial charge in [0.1, 0.15) is 6.07 Å². The molecular weight excluding hydrogens is 221 g/mol. The second kappa shape index (κ2) is 3.41. The van der Waals surface area contributed by atoms with Crippen molar-refractivity contribution in [2.45, 2.75) is 0 Å². The van der Waals surface area contributed by atoms with Crippen molar-refractivity contribution in [1.29, 1.82) is 5.26 Å². The maximum atomic E-state index is 8.68. The number of hydrogen-bond donors (Lipinski definition) is 0. The van der Waals surface area contributed by atoms with Gasteiger partial charge in [-0.25, -0.2) is 9.97 Å². The van der Waals surface area contributed by atoms with Crippen molar-refractivity contribution in [3.8, 4) is 6.07 Å². The fourth-order valence-corrected chi connectivity index (χ4v) is 1.42. The first-order valence-electron chi connectivity index (χ1n) is 3.73. The van der Waals surface area contributed by atoms with Crippen LogP contribution in [0.5, 0.6) is 0 Å². The Kier molecular flexibility index (Phi) is 2.24. The summed E-state index contributed by atoms with van der Waals surface area (Å²) >= 11 is 11.5. The summed E-state index contributed by atoms with van der Waals surface area (Å²) in [6.07, 6.45) is 0. The van der Waals surface area contributed by atoms with Crippen LogP contribution in [0.15, 0.2) is 18.2 Å². The lowest BCUT2D eigenvalue weighted by atomic mass is 10.3. The molecule has 3 nitrogen and oxygen atoms in total. The third-order valence-corrected chi connectivity index (χ3v) is 2.19. The van der Waals surface area contributed by atoms with Gasteiger partial charge in [0, 0.05) is 5.02 Å². The summed E-state index contributed by atoms with van der Waals surface area (Å²) in [6.45, 7) is 0. The Balaban J connectivity index is 2.82. The maximum absolute atomic E-state index is 8.68. The second-order valence-corrected chi connectivity index (χ2v) is 3.40. The SMILES string of the molecule is N#Cc1nc2cc(Cl)ccc2nc1Cl. The molecule has 0 spiro atoms. The highest BCUT2D eigenvalue weighted by Crippen LogP contribution is 2.19. The molecule has 5 heteroatoms. The standard InChI is InChI=1S/C9H3Cl2N3/c10-5-1-2-6-7(3-5)13-8(4-12)9(11)14-6/h1-3H. The molecular formula is C9H3Cl2N3. The van der Waals surface area contributed by atoms with Crippen LogP contribution in [0.3, 0.4) is 0 Å². The van der Waals surface area contributed by atoms with Crippen molar-refractivity contribution < 1.29 is 0 Å². The summed E-state index contributed by atoms with van der Waals surface area (Å²) in [5, 5.41) is 9.34. The minimum Gasteiger partial charge on any atom is -0.232 e. The Hall–Kier alpha value is -1.37. The first kappa shape index (κ1) is 9.20. The molecule has 0 aliphatic heterocycles. The summed E-state index contributed by atoms with van der Waals surface area (Å²) < 4.78 is 0. The highest BCUT2D eigenvalue weighted by Gasteiger charge is 2.05. The minimum absolute atomic E-state index is 0.112. The van der Waals surface area contributed by atoms with E-state index in [0.717, 1.165) is 0 Å². The number of nitrogens with zero attached hydrogens (tertiary/aromatic N) is 3. The van der Waals surface area contributed by atoms with Gasteiger partial charge in [-0.15, -0.1) is 0 Å². The average Bonchev–Trinajstić information content (AvgIpc) is 2.17. The molecule has 1 aromatic heterocycles. The predicted octanol–water partition coefficient (Wildman–Crippen LogP) is 2.81. The molecule has 0 fully saturated rings. The Morgan fingerprint density at radius 3 is 2.64 bits per heavy atom. The summed E-state index contributed by atoms with van der Waals surface area (Å²) in [7, 11) is 0. The van der Waals surface area contributed by atoms with Crippen molar-refractivity contribution in [3.63, 3.8) is 0 Å². The fraction of sp³-hybridized carbons (Fsp3) is 0. The van der Waals surface area contributed by atoms with Crippen molar-refractivity contribution in [2.24, 2.45) is 0 Å². The molecule has 0 atom stereocenters. The van der Waals surface area contributed by atoms with Crippen molar-refractivity contribution in [3.05, 3.63) is 34.1 Å². The minimum atomic E-state index is 0.112. The van der Waals surface area contributed by atoms with Gasteiger partial charge in [0.15, 0.2) is 10.8 Å². The van der Waals surface area contributed by atoms with E-state index in [1.165, 1.54) is 0 Å². The number of fused-ring (bicyclic) bond motifs is 1. The van der Waals surface area contributed by atoms with E-state index in [-0.39, 0.29) is 10.8 Å². The van der Waals surface area contributed by atoms with Crippen LogP contribution in [0.1, 0.15) is 5.69 Å². The molecule has 0 bridgehead atoms. The van der Waals surface area contributed by atoms with E-state index in [9.17, 15) is 0 Å². The molecule has 0 N–H and O–H groups in total.